The number of amides is 1. The van der Waals surface area contributed by atoms with Gasteiger partial charge in [-0.3, -0.25) is 9.78 Å². The third kappa shape index (κ3) is 5.57. The topological polar surface area (TPSA) is 54.5 Å². The Labute approximate surface area is 160 Å². The van der Waals surface area contributed by atoms with Crippen LogP contribution in [0.15, 0.2) is 48.8 Å². The van der Waals surface area contributed by atoms with Crippen LogP contribution in [0.2, 0.25) is 0 Å². The van der Waals surface area contributed by atoms with Crippen LogP contribution in [0, 0.1) is 17.8 Å². The third-order valence-corrected chi connectivity index (χ3v) is 4.74. The van der Waals surface area contributed by atoms with E-state index in [1.54, 1.807) is 31.6 Å². The maximum absolute atomic E-state index is 12.0. The number of piperidine rings is 1. The number of benzene rings is 1. The lowest BCUT2D eigenvalue weighted by atomic mass is 9.97. The first-order chi connectivity index (χ1) is 13.3. The van der Waals surface area contributed by atoms with Crippen LogP contribution in [0.4, 0.5) is 0 Å². The molecule has 0 atom stereocenters. The van der Waals surface area contributed by atoms with Crippen molar-refractivity contribution in [2.75, 3.05) is 33.3 Å². The van der Waals surface area contributed by atoms with Crippen molar-refractivity contribution in [2.24, 2.45) is 5.92 Å². The molecule has 0 aliphatic carbocycles. The zero-order valence-corrected chi connectivity index (χ0v) is 15.6. The van der Waals surface area contributed by atoms with Crippen molar-refractivity contribution in [3.63, 3.8) is 0 Å². The molecule has 0 spiro atoms. The summed E-state index contributed by atoms with van der Waals surface area (Å²) in [6.07, 6.45) is 5.36. The molecule has 1 N–H and O–H groups in total. The number of ether oxygens (including phenoxy) is 1. The fourth-order valence-corrected chi connectivity index (χ4v) is 3.16. The number of pyridine rings is 1. The van der Waals surface area contributed by atoms with Gasteiger partial charge in [0.1, 0.15) is 5.75 Å². The smallest absolute Gasteiger partial charge is 0.252 e. The van der Waals surface area contributed by atoms with Crippen molar-refractivity contribution in [2.45, 2.75) is 12.8 Å². The first-order valence-corrected chi connectivity index (χ1v) is 9.31. The highest BCUT2D eigenvalue weighted by Crippen LogP contribution is 2.19. The SMILES string of the molecule is COc1ccccc1C#CC1CCN(CCNC(=O)c2cccnc2)CC1. The van der Waals surface area contributed by atoms with Crippen molar-refractivity contribution in [1.29, 1.82) is 0 Å². The van der Waals surface area contributed by atoms with Crippen LogP contribution in [0.5, 0.6) is 5.75 Å². The van der Waals surface area contributed by atoms with Crippen molar-refractivity contribution in [3.05, 3.63) is 59.9 Å². The van der Waals surface area contributed by atoms with Gasteiger partial charge in [-0.05, 0) is 50.2 Å². The first kappa shape index (κ1) is 18.9. The lowest BCUT2D eigenvalue weighted by Gasteiger charge is -2.29. The van der Waals surface area contributed by atoms with E-state index in [1.807, 2.05) is 24.3 Å². The van der Waals surface area contributed by atoms with Crippen LogP contribution in [-0.2, 0) is 0 Å². The second kappa shape index (κ2) is 9.75. The molecule has 2 heterocycles. The highest BCUT2D eigenvalue weighted by Gasteiger charge is 2.17. The fourth-order valence-electron chi connectivity index (χ4n) is 3.16. The van der Waals surface area contributed by atoms with Gasteiger partial charge in [-0.15, -0.1) is 0 Å². The van der Waals surface area contributed by atoms with E-state index in [4.69, 9.17) is 4.74 Å². The Kier molecular flexibility index (Phi) is 6.84. The van der Waals surface area contributed by atoms with E-state index in [1.165, 1.54) is 0 Å². The zero-order chi connectivity index (χ0) is 18.9. The number of para-hydroxylation sites is 1. The van der Waals surface area contributed by atoms with Gasteiger partial charge < -0.3 is 15.0 Å². The first-order valence-electron chi connectivity index (χ1n) is 9.31. The molecule has 1 amide bonds. The van der Waals surface area contributed by atoms with Crippen LogP contribution in [0.1, 0.15) is 28.8 Å². The molecular formula is C22H25N3O2. The molecule has 5 heteroatoms. The lowest BCUT2D eigenvalue weighted by Crippen LogP contribution is -2.39. The van der Waals surface area contributed by atoms with Crippen LogP contribution in [-0.4, -0.2) is 49.1 Å². The maximum atomic E-state index is 12.0. The van der Waals surface area contributed by atoms with Gasteiger partial charge in [0.05, 0.1) is 18.2 Å². The summed E-state index contributed by atoms with van der Waals surface area (Å²) in [5.41, 5.74) is 1.54. The molecule has 3 rings (SSSR count). The minimum absolute atomic E-state index is 0.0688. The Morgan fingerprint density at radius 2 is 2.07 bits per heavy atom. The molecule has 1 aromatic carbocycles. The Morgan fingerprint density at radius 3 is 2.81 bits per heavy atom. The summed E-state index contributed by atoms with van der Waals surface area (Å²) in [6.45, 7) is 3.52. The second-order valence-corrected chi connectivity index (χ2v) is 6.58. The van der Waals surface area contributed by atoms with Gasteiger partial charge in [-0.2, -0.15) is 0 Å². The van der Waals surface area contributed by atoms with Gasteiger partial charge in [0.15, 0.2) is 0 Å². The van der Waals surface area contributed by atoms with Gasteiger partial charge >= 0.3 is 0 Å². The third-order valence-electron chi connectivity index (χ3n) is 4.74. The Balaban J connectivity index is 1.41. The van der Waals surface area contributed by atoms with Crippen molar-refractivity contribution in [3.8, 4) is 17.6 Å². The molecule has 0 bridgehead atoms. The summed E-state index contributed by atoms with van der Waals surface area (Å²) in [5.74, 6) is 7.83. The van der Waals surface area contributed by atoms with Gasteiger partial charge in [0, 0.05) is 31.4 Å². The van der Waals surface area contributed by atoms with E-state index in [0.29, 0.717) is 18.0 Å². The molecule has 0 unspecified atom stereocenters. The average Bonchev–Trinajstić information content (AvgIpc) is 2.74. The Bertz CT molecular complexity index is 803. The number of nitrogens with zero attached hydrogens (tertiary/aromatic N) is 2. The van der Waals surface area contributed by atoms with E-state index in [0.717, 1.165) is 43.8 Å². The van der Waals surface area contributed by atoms with E-state index in [9.17, 15) is 4.79 Å². The van der Waals surface area contributed by atoms with Crippen LogP contribution < -0.4 is 10.1 Å². The molecule has 27 heavy (non-hydrogen) atoms. The number of aromatic nitrogens is 1. The molecule has 1 aliphatic heterocycles. The van der Waals surface area contributed by atoms with Gasteiger partial charge in [0.25, 0.3) is 5.91 Å². The van der Waals surface area contributed by atoms with E-state index in [2.05, 4.69) is 27.0 Å². The number of carbonyl (C=O) groups is 1. The van der Waals surface area contributed by atoms with Crippen LogP contribution in [0.3, 0.4) is 0 Å². The molecule has 140 valence electrons. The number of hydrogen-bond acceptors (Lipinski definition) is 4. The van der Waals surface area contributed by atoms with E-state index >= 15 is 0 Å². The summed E-state index contributed by atoms with van der Waals surface area (Å²) >= 11 is 0. The zero-order valence-electron chi connectivity index (χ0n) is 15.6. The second-order valence-electron chi connectivity index (χ2n) is 6.58. The fraction of sp³-hybridized carbons (Fsp3) is 0.364. The highest BCUT2D eigenvalue weighted by molar-refractivity contribution is 5.93. The molecule has 5 nitrogen and oxygen atoms in total. The number of likely N-dealkylation sites (tertiary alicyclic amines) is 1. The molecular weight excluding hydrogens is 338 g/mol. The summed E-state index contributed by atoms with van der Waals surface area (Å²) in [6, 6.07) is 11.4. The maximum Gasteiger partial charge on any atom is 0.252 e. The van der Waals surface area contributed by atoms with Gasteiger partial charge in [-0.1, -0.05) is 24.0 Å². The van der Waals surface area contributed by atoms with Crippen molar-refractivity contribution >= 4 is 5.91 Å². The van der Waals surface area contributed by atoms with Gasteiger partial charge in [0.2, 0.25) is 0 Å². The minimum atomic E-state index is -0.0688. The van der Waals surface area contributed by atoms with Crippen molar-refractivity contribution in [1.82, 2.24) is 15.2 Å². The molecule has 1 fully saturated rings. The number of nitrogens with one attached hydrogen (secondary N) is 1. The summed E-state index contributed by atoms with van der Waals surface area (Å²) in [4.78, 5) is 18.4. The van der Waals surface area contributed by atoms with Gasteiger partial charge in [-0.25, -0.2) is 0 Å². The molecule has 1 aliphatic rings. The molecule has 1 saturated heterocycles. The largest absolute Gasteiger partial charge is 0.495 e. The number of rotatable bonds is 5. The Hall–Kier alpha value is -2.84. The minimum Gasteiger partial charge on any atom is -0.495 e. The lowest BCUT2D eigenvalue weighted by molar-refractivity contribution is 0.0945. The molecule has 1 aromatic heterocycles. The molecule has 0 radical (unpaired) electrons. The normalized spacial score (nSPS) is 14.9. The highest BCUT2D eigenvalue weighted by atomic mass is 16.5. The van der Waals surface area contributed by atoms with E-state index < -0.39 is 0 Å². The molecule has 2 aromatic rings. The average molecular weight is 363 g/mol. The number of hydrogen-bond donors (Lipinski definition) is 1. The summed E-state index contributed by atoms with van der Waals surface area (Å²) < 4.78 is 5.35. The van der Waals surface area contributed by atoms with Crippen molar-refractivity contribution < 1.29 is 9.53 Å². The van der Waals surface area contributed by atoms with Crippen LogP contribution >= 0.6 is 0 Å². The standard InChI is InChI=1S/C22H25N3O2/c1-27-21-7-3-2-5-19(21)9-8-18-10-14-25(15-11-18)16-13-24-22(26)20-6-4-12-23-17-20/h2-7,12,17-18H,10-11,13-16H2,1H3,(H,24,26). The summed E-state index contributed by atoms with van der Waals surface area (Å²) in [7, 11) is 1.67. The number of carbonyl (C=O) groups excluding carboxylic acids is 1. The quantitative estimate of drug-likeness (QED) is 0.830. The predicted octanol–water partition coefficient (Wildman–Crippen LogP) is 2.58. The number of methoxy groups -OCH3 is 1. The monoisotopic (exact) mass is 363 g/mol. The Morgan fingerprint density at radius 1 is 1.26 bits per heavy atom. The summed E-state index contributed by atoms with van der Waals surface area (Å²) in [5, 5.41) is 2.95. The van der Waals surface area contributed by atoms with Crippen LogP contribution in [0.25, 0.3) is 0 Å². The predicted molar refractivity (Wildman–Crippen MR) is 106 cm³/mol. The van der Waals surface area contributed by atoms with E-state index in [-0.39, 0.29) is 5.91 Å². The molecule has 0 saturated carbocycles.